The summed E-state index contributed by atoms with van der Waals surface area (Å²) in [5, 5.41) is 12.4. The molecule has 0 radical (unpaired) electrons. The third-order valence-electron chi connectivity index (χ3n) is 5.88. The second kappa shape index (κ2) is 10.8. The highest BCUT2D eigenvalue weighted by molar-refractivity contribution is 7.89. The van der Waals surface area contributed by atoms with Crippen LogP contribution in [-0.2, 0) is 19.6 Å². The van der Waals surface area contributed by atoms with Crippen molar-refractivity contribution in [2.24, 2.45) is 0 Å². The molecule has 36 heavy (non-hydrogen) atoms. The number of carbonyl (C=O) groups is 2. The molecular formula is C25H25N3O7S. The van der Waals surface area contributed by atoms with E-state index in [1.165, 1.54) is 29.6 Å². The number of rotatable bonds is 7. The third-order valence-corrected chi connectivity index (χ3v) is 7.80. The first-order valence-electron chi connectivity index (χ1n) is 11.4. The lowest BCUT2D eigenvalue weighted by molar-refractivity contribution is -0.119. The topological polar surface area (TPSA) is 139 Å². The Hall–Kier alpha value is -3.88. The van der Waals surface area contributed by atoms with Crippen molar-refractivity contribution in [1.29, 1.82) is 5.26 Å². The van der Waals surface area contributed by atoms with Gasteiger partial charge >= 0.3 is 5.97 Å². The van der Waals surface area contributed by atoms with Crippen molar-refractivity contribution in [3.8, 4) is 11.8 Å². The van der Waals surface area contributed by atoms with E-state index in [0.717, 1.165) is 25.7 Å². The summed E-state index contributed by atoms with van der Waals surface area (Å²) in [4.78, 5) is 25.0. The smallest absolute Gasteiger partial charge is 0.338 e. The van der Waals surface area contributed by atoms with Gasteiger partial charge in [-0.2, -0.15) is 9.57 Å². The molecule has 188 valence electrons. The summed E-state index contributed by atoms with van der Waals surface area (Å²) in [6, 6.07) is 12.7. The van der Waals surface area contributed by atoms with E-state index < -0.39 is 28.5 Å². The van der Waals surface area contributed by atoms with Crippen molar-refractivity contribution < 1.29 is 31.9 Å². The van der Waals surface area contributed by atoms with Crippen molar-refractivity contribution in [1.82, 2.24) is 4.31 Å². The summed E-state index contributed by atoms with van der Waals surface area (Å²) < 4.78 is 43.8. The summed E-state index contributed by atoms with van der Waals surface area (Å²) in [5.74, 6) is -1.52. The quantitative estimate of drug-likeness (QED) is 0.474. The number of para-hydroxylation sites is 1. The molecule has 0 saturated carbocycles. The second-order valence-corrected chi connectivity index (χ2v) is 10.1. The minimum atomic E-state index is -3.90. The average molecular weight is 512 g/mol. The van der Waals surface area contributed by atoms with Crippen LogP contribution in [0.25, 0.3) is 11.0 Å². The molecule has 3 aromatic rings. The van der Waals surface area contributed by atoms with E-state index in [-0.39, 0.29) is 27.7 Å². The van der Waals surface area contributed by atoms with Crippen molar-refractivity contribution in [2.75, 3.05) is 32.1 Å². The van der Waals surface area contributed by atoms with Gasteiger partial charge in [0, 0.05) is 18.5 Å². The highest BCUT2D eigenvalue weighted by Gasteiger charge is 2.29. The van der Waals surface area contributed by atoms with E-state index in [1.807, 2.05) is 6.07 Å². The fourth-order valence-corrected chi connectivity index (χ4v) is 5.76. The Labute approximate surface area is 208 Å². The van der Waals surface area contributed by atoms with Gasteiger partial charge in [0.25, 0.3) is 5.91 Å². The Morgan fingerprint density at radius 1 is 1.11 bits per heavy atom. The van der Waals surface area contributed by atoms with Gasteiger partial charge in [-0.15, -0.1) is 0 Å². The molecule has 1 aliphatic heterocycles. The standard InChI is InChI=1S/C25H25N3O7S/c1-33-20-11-10-17(14-22(20)36(31,32)28-12-6-2-3-7-13-28)25(30)34-16-23(29)27-24-18-8-4-5-9-19(18)35-21(24)15-26/h4-5,8-11,14H,2-3,6-7,12-13,16H2,1H3,(H,27,29). The summed E-state index contributed by atoms with van der Waals surface area (Å²) in [6.45, 7) is 0.144. The lowest BCUT2D eigenvalue weighted by atomic mass is 10.2. The molecule has 1 aliphatic rings. The van der Waals surface area contributed by atoms with Gasteiger partial charge in [-0.3, -0.25) is 4.79 Å². The first-order chi connectivity index (χ1) is 17.3. The van der Waals surface area contributed by atoms with Crippen LogP contribution in [0.15, 0.2) is 51.8 Å². The molecule has 0 aliphatic carbocycles. The zero-order valence-corrected chi connectivity index (χ0v) is 20.5. The molecule has 1 amide bonds. The zero-order chi connectivity index (χ0) is 25.7. The number of hydrogen-bond acceptors (Lipinski definition) is 8. The number of hydrogen-bond donors (Lipinski definition) is 1. The van der Waals surface area contributed by atoms with Gasteiger partial charge in [0.1, 0.15) is 28.0 Å². The molecule has 2 aromatic carbocycles. The monoisotopic (exact) mass is 511 g/mol. The molecule has 1 N–H and O–H groups in total. The number of furan rings is 1. The number of nitriles is 1. The average Bonchev–Trinajstić information content (AvgIpc) is 3.04. The van der Waals surface area contributed by atoms with Crippen LogP contribution in [-0.4, -0.2) is 51.4 Å². The lowest BCUT2D eigenvalue weighted by Gasteiger charge is -2.21. The predicted molar refractivity (Wildman–Crippen MR) is 130 cm³/mol. The van der Waals surface area contributed by atoms with E-state index >= 15 is 0 Å². The van der Waals surface area contributed by atoms with Crippen molar-refractivity contribution in [3.63, 3.8) is 0 Å². The van der Waals surface area contributed by atoms with Gasteiger partial charge < -0.3 is 19.2 Å². The summed E-state index contributed by atoms with van der Waals surface area (Å²) in [6.07, 6.45) is 3.44. The van der Waals surface area contributed by atoms with Crippen molar-refractivity contribution >= 4 is 38.6 Å². The van der Waals surface area contributed by atoms with Crippen molar-refractivity contribution in [3.05, 3.63) is 53.8 Å². The van der Waals surface area contributed by atoms with Gasteiger partial charge in [-0.1, -0.05) is 25.0 Å². The van der Waals surface area contributed by atoms with Crippen LogP contribution in [0.3, 0.4) is 0 Å². The molecule has 10 nitrogen and oxygen atoms in total. The van der Waals surface area contributed by atoms with Gasteiger partial charge in [-0.05, 0) is 43.2 Å². The Bertz CT molecular complexity index is 1430. The van der Waals surface area contributed by atoms with Crippen LogP contribution >= 0.6 is 0 Å². The molecule has 1 fully saturated rings. The maximum atomic E-state index is 13.3. The number of esters is 1. The second-order valence-electron chi connectivity index (χ2n) is 8.22. The summed E-state index contributed by atoms with van der Waals surface area (Å²) in [5.41, 5.74) is 0.575. The minimum Gasteiger partial charge on any atom is -0.495 e. The van der Waals surface area contributed by atoms with E-state index in [9.17, 15) is 23.3 Å². The Morgan fingerprint density at radius 3 is 2.53 bits per heavy atom. The predicted octanol–water partition coefficient (Wildman–Crippen LogP) is 3.67. The number of nitrogens with one attached hydrogen (secondary N) is 1. The molecule has 4 rings (SSSR count). The number of sulfonamides is 1. The maximum Gasteiger partial charge on any atom is 0.338 e. The number of methoxy groups -OCH3 is 1. The first-order valence-corrected chi connectivity index (χ1v) is 12.9. The number of benzene rings is 2. The fraction of sp³-hybridized carbons (Fsp3) is 0.320. The van der Waals surface area contributed by atoms with Crippen LogP contribution in [0.4, 0.5) is 5.69 Å². The Balaban J connectivity index is 1.49. The van der Waals surface area contributed by atoms with Gasteiger partial charge in [0.15, 0.2) is 6.61 Å². The molecule has 1 aromatic heterocycles. The highest BCUT2D eigenvalue weighted by atomic mass is 32.2. The van der Waals surface area contributed by atoms with Gasteiger partial charge in [-0.25, -0.2) is 13.2 Å². The number of carbonyl (C=O) groups excluding carboxylic acids is 2. The van der Waals surface area contributed by atoms with Crippen molar-refractivity contribution in [2.45, 2.75) is 30.6 Å². The molecule has 0 atom stereocenters. The van der Waals surface area contributed by atoms with E-state index in [2.05, 4.69) is 5.32 Å². The fourth-order valence-electron chi connectivity index (χ4n) is 4.06. The van der Waals surface area contributed by atoms with E-state index in [4.69, 9.17) is 13.9 Å². The first kappa shape index (κ1) is 25.2. The van der Waals surface area contributed by atoms with Gasteiger partial charge in [0.05, 0.1) is 12.7 Å². The number of nitrogens with zero attached hydrogens (tertiary/aromatic N) is 2. The molecule has 11 heteroatoms. The summed E-state index contributed by atoms with van der Waals surface area (Å²) in [7, 11) is -2.54. The largest absolute Gasteiger partial charge is 0.495 e. The maximum absolute atomic E-state index is 13.3. The minimum absolute atomic E-state index is 0.0385. The number of fused-ring (bicyclic) bond motifs is 1. The number of anilines is 1. The molecular weight excluding hydrogens is 486 g/mol. The summed E-state index contributed by atoms with van der Waals surface area (Å²) >= 11 is 0. The van der Waals surface area contributed by atoms with Gasteiger partial charge in [0.2, 0.25) is 15.8 Å². The SMILES string of the molecule is COc1ccc(C(=O)OCC(=O)Nc2c(C#N)oc3ccccc23)cc1S(=O)(=O)N1CCCCCC1. The number of ether oxygens (including phenoxy) is 2. The Kier molecular flexibility index (Phi) is 7.57. The van der Waals surface area contributed by atoms with E-state index in [1.54, 1.807) is 24.3 Å². The Morgan fingerprint density at radius 2 is 1.83 bits per heavy atom. The molecule has 0 spiro atoms. The molecule has 2 heterocycles. The highest BCUT2D eigenvalue weighted by Crippen LogP contribution is 2.31. The van der Waals surface area contributed by atoms with E-state index in [0.29, 0.717) is 24.1 Å². The normalized spacial score (nSPS) is 14.6. The molecule has 0 unspecified atom stereocenters. The lowest BCUT2D eigenvalue weighted by Crippen LogP contribution is -2.32. The third kappa shape index (κ3) is 5.19. The molecule has 0 bridgehead atoms. The van der Waals surface area contributed by atoms with Crippen LogP contribution < -0.4 is 10.1 Å². The van der Waals surface area contributed by atoms with Crippen LogP contribution in [0.2, 0.25) is 0 Å². The number of amides is 1. The van der Waals surface area contributed by atoms with Crippen LogP contribution in [0.5, 0.6) is 5.75 Å². The van der Waals surface area contributed by atoms with Crippen LogP contribution in [0, 0.1) is 11.3 Å². The zero-order valence-electron chi connectivity index (χ0n) is 19.7. The molecule has 1 saturated heterocycles. The van der Waals surface area contributed by atoms with Crippen LogP contribution in [0.1, 0.15) is 41.8 Å².